The normalized spacial score (nSPS) is 13.7. The average Bonchev–Trinajstić information content (AvgIpc) is 3.01. The molecule has 21 heavy (non-hydrogen) atoms. The van der Waals surface area contributed by atoms with Gasteiger partial charge in [-0.1, -0.05) is 17.7 Å². The molecule has 1 aromatic heterocycles. The van der Waals surface area contributed by atoms with Gasteiger partial charge in [-0.25, -0.2) is 0 Å². The molecule has 2 aromatic rings. The second kappa shape index (κ2) is 7.34. The van der Waals surface area contributed by atoms with E-state index in [4.69, 9.17) is 11.6 Å². The molecular formula is C16H18ClNOS2. The van der Waals surface area contributed by atoms with E-state index in [1.165, 1.54) is 4.88 Å². The van der Waals surface area contributed by atoms with E-state index in [1.54, 1.807) is 23.1 Å². The van der Waals surface area contributed by atoms with Crippen molar-refractivity contribution in [1.82, 2.24) is 4.90 Å². The molecule has 0 bridgehead atoms. The maximum absolute atomic E-state index is 12.5. The molecule has 0 saturated carbocycles. The van der Waals surface area contributed by atoms with Gasteiger partial charge in [0, 0.05) is 21.8 Å². The van der Waals surface area contributed by atoms with Crippen LogP contribution in [0.1, 0.15) is 24.8 Å². The minimum atomic E-state index is -0.126. The highest BCUT2D eigenvalue weighted by Crippen LogP contribution is 2.29. The molecule has 0 aliphatic rings. The molecule has 0 fully saturated rings. The van der Waals surface area contributed by atoms with Crippen LogP contribution >= 0.6 is 34.7 Å². The molecule has 2 nitrogen and oxygen atoms in total. The van der Waals surface area contributed by atoms with E-state index in [2.05, 4.69) is 13.0 Å². The van der Waals surface area contributed by atoms with Crippen LogP contribution in [-0.2, 0) is 4.79 Å². The van der Waals surface area contributed by atoms with Crippen molar-refractivity contribution in [1.29, 1.82) is 0 Å². The van der Waals surface area contributed by atoms with Crippen molar-refractivity contribution in [3.05, 3.63) is 51.7 Å². The minimum absolute atomic E-state index is 0.103. The van der Waals surface area contributed by atoms with Crippen LogP contribution in [0, 0.1) is 0 Å². The van der Waals surface area contributed by atoms with Gasteiger partial charge < -0.3 is 4.90 Å². The van der Waals surface area contributed by atoms with Gasteiger partial charge in [-0.05, 0) is 49.6 Å². The van der Waals surface area contributed by atoms with Crippen molar-refractivity contribution in [2.24, 2.45) is 0 Å². The standard InChI is InChI=1S/C16H18ClNOS2/c1-11(15-5-4-10-20-15)18(3)16(19)12(2)21-14-8-6-13(17)7-9-14/h4-12H,1-3H3. The summed E-state index contributed by atoms with van der Waals surface area (Å²) in [6, 6.07) is 11.8. The van der Waals surface area contributed by atoms with Gasteiger partial charge in [-0.15, -0.1) is 23.1 Å². The number of benzene rings is 1. The number of thiophene rings is 1. The Hall–Kier alpha value is -0.970. The molecule has 1 amide bonds. The van der Waals surface area contributed by atoms with Gasteiger partial charge in [-0.3, -0.25) is 4.79 Å². The zero-order valence-electron chi connectivity index (χ0n) is 12.2. The first-order valence-electron chi connectivity index (χ1n) is 6.71. The topological polar surface area (TPSA) is 20.3 Å². The zero-order chi connectivity index (χ0) is 15.4. The first-order chi connectivity index (χ1) is 9.99. The van der Waals surface area contributed by atoms with Crippen LogP contribution in [0.5, 0.6) is 0 Å². The number of amides is 1. The summed E-state index contributed by atoms with van der Waals surface area (Å²) in [6.45, 7) is 4.00. The summed E-state index contributed by atoms with van der Waals surface area (Å²) in [5, 5.41) is 2.62. The molecule has 0 spiro atoms. The molecular weight excluding hydrogens is 322 g/mol. The third kappa shape index (κ3) is 4.25. The molecule has 0 aliphatic carbocycles. The number of hydrogen-bond donors (Lipinski definition) is 0. The third-order valence-corrected chi connectivity index (χ3v) is 5.75. The molecule has 2 rings (SSSR count). The Morgan fingerprint density at radius 3 is 2.48 bits per heavy atom. The van der Waals surface area contributed by atoms with E-state index >= 15 is 0 Å². The highest BCUT2D eigenvalue weighted by Gasteiger charge is 2.23. The van der Waals surface area contributed by atoms with Crippen molar-refractivity contribution in [3.63, 3.8) is 0 Å². The van der Waals surface area contributed by atoms with E-state index in [1.807, 2.05) is 54.6 Å². The first-order valence-corrected chi connectivity index (χ1v) is 8.85. The van der Waals surface area contributed by atoms with Crippen molar-refractivity contribution in [3.8, 4) is 0 Å². The Morgan fingerprint density at radius 2 is 1.90 bits per heavy atom. The van der Waals surface area contributed by atoms with Gasteiger partial charge in [0.1, 0.15) is 0 Å². The molecule has 112 valence electrons. The fourth-order valence-corrected chi connectivity index (χ4v) is 3.89. The number of rotatable bonds is 5. The predicted octanol–water partition coefficient (Wildman–Crippen LogP) is 5.10. The average molecular weight is 340 g/mol. The third-order valence-electron chi connectivity index (χ3n) is 3.36. The SMILES string of the molecule is CC(Sc1ccc(Cl)cc1)C(=O)N(C)C(C)c1cccs1. The number of carbonyl (C=O) groups excluding carboxylic acids is 1. The fraction of sp³-hybridized carbons (Fsp3) is 0.312. The van der Waals surface area contributed by atoms with Crippen molar-refractivity contribution < 1.29 is 4.79 Å². The molecule has 0 aliphatic heterocycles. The molecule has 1 heterocycles. The molecule has 2 unspecified atom stereocenters. The predicted molar refractivity (Wildman–Crippen MR) is 92.3 cm³/mol. The van der Waals surface area contributed by atoms with E-state index in [0.717, 1.165) is 4.90 Å². The molecule has 0 saturated heterocycles. The summed E-state index contributed by atoms with van der Waals surface area (Å²) in [7, 11) is 1.87. The van der Waals surface area contributed by atoms with Gasteiger partial charge in [0.15, 0.2) is 0 Å². The summed E-state index contributed by atoms with van der Waals surface area (Å²) in [4.78, 5) is 16.6. The van der Waals surface area contributed by atoms with Crippen LogP contribution in [0.15, 0.2) is 46.7 Å². The van der Waals surface area contributed by atoms with E-state index in [0.29, 0.717) is 5.02 Å². The molecule has 0 radical (unpaired) electrons. The number of thioether (sulfide) groups is 1. The Bertz CT molecular complexity index is 583. The van der Waals surface area contributed by atoms with Crippen LogP contribution in [0.4, 0.5) is 0 Å². The Kier molecular flexibility index (Phi) is 5.73. The lowest BCUT2D eigenvalue weighted by atomic mass is 10.2. The minimum Gasteiger partial charge on any atom is -0.337 e. The second-order valence-corrected chi connectivity index (χ2v) is 7.68. The number of hydrogen-bond acceptors (Lipinski definition) is 3. The lowest BCUT2D eigenvalue weighted by molar-refractivity contribution is -0.130. The van der Waals surface area contributed by atoms with E-state index in [-0.39, 0.29) is 17.2 Å². The maximum atomic E-state index is 12.5. The van der Waals surface area contributed by atoms with Crippen molar-refractivity contribution in [2.45, 2.75) is 30.0 Å². The quantitative estimate of drug-likeness (QED) is 0.706. The lowest BCUT2D eigenvalue weighted by Crippen LogP contribution is -2.35. The van der Waals surface area contributed by atoms with Crippen LogP contribution in [0.2, 0.25) is 5.02 Å². The van der Waals surface area contributed by atoms with E-state index < -0.39 is 0 Å². The van der Waals surface area contributed by atoms with Gasteiger partial charge in [0.05, 0.1) is 11.3 Å². The van der Waals surface area contributed by atoms with Crippen LogP contribution in [0.3, 0.4) is 0 Å². The van der Waals surface area contributed by atoms with Crippen LogP contribution < -0.4 is 0 Å². The second-order valence-electron chi connectivity index (χ2n) is 4.85. The van der Waals surface area contributed by atoms with Gasteiger partial charge in [0.25, 0.3) is 0 Å². The molecule has 0 N–H and O–H groups in total. The Balaban J connectivity index is 1.99. The van der Waals surface area contributed by atoms with E-state index in [9.17, 15) is 4.79 Å². The molecule has 2 atom stereocenters. The van der Waals surface area contributed by atoms with Crippen LogP contribution in [0.25, 0.3) is 0 Å². The van der Waals surface area contributed by atoms with Crippen molar-refractivity contribution in [2.75, 3.05) is 7.05 Å². The molecule has 1 aromatic carbocycles. The summed E-state index contributed by atoms with van der Waals surface area (Å²) < 4.78 is 0. The monoisotopic (exact) mass is 339 g/mol. The van der Waals surface area contributed by atoms with Gasteiger partial charge >= 0.3 is 0 Å². The first kappa shape index (κ1) is 16.4. The number of nitrogens with zero attached hydrogens (tertiary/aromatic N) is 1. The fourth-order valence-electron chi connectivity index (χ4n) is 1.97. The number of halogens is 1. The summed E-state index contributed by atoms with van der Waals surface area (Å²) >= 11 is 9.11. The zero-order valence-corrected chi connectivity index (χ0v) is 14.6. The lowest BCUT2D eigenvalue weighted by Gasteiger charge is -2.26. The number of carbonyl (C=O) groups is 1. The highest BCUT2D eigenvalue weighted by molar-refractivity contribution is 8.00. The maximum Gasteiger partial charge on any atom is 0.236 e. The summed E-state index contributed by atoms with van der Waals surface area (Å²) in [5.74, 6) is 0.135. The summed E-state index contributed by atoms with van der Waals surface area (Å²) in [6.07, 6.45) is 0. The summed E-state index contributed by atoms with van der Waals surface area (Å²) in [5.41, 5.74) is 0. The van der Waals surface area contributed by atoms with Crippen molar-refractivity contribution >= 4 is 40.6 Å². The Morgan fingerprint density at radius 1 is 1.24 bits per heavy atom. The van der Waals surface area contributed by atoms with Crippen LogP contribution in [-0.4, -0.2) is 23.1 Å². The Labute approximate surface area is 139 Å². The van der Waals surface area contributed by atoms with Gasteiger partial charge in [-0.2, -0.15) is 0 Å². The molecule has 5 heteroatoms. The highest BCUT2D eigenvalue weighted by atomic mass is 35.5. The smallest absolute Gasteiger partial charge is 0.236 e. The van der Waals surface area contributed by atoms with Gasteiger partial charge in [0.2, 0.25) is 5.91 Å². The largest absolute Gasteiger partial charge is 0.337 e.